The van der Waals surface area contributed by atoms with E-state index in [0.717, 1.165) is 4.90 Å². The highest BCUT2D eigenvalue weighted by molar-refractivity contribution is 5.86. The van der Waals surface area contributed by atoms with Gasteiger partial charge in [0.15, 0.2) is 0 Å². The third-order valence-electron chi connectivity index (χ3n) is 3.12. The summed E-state index contributed by atoms with van der Waals surface area (Å²) in [6.45, 7) is 1.87. The highest BCUT2D eigenvalue weighted by Gasteiger charge is 2.40. The van der Waals surface area contributed by atoms with Crippen LogP contribution >= 0.6 is 0 Å². The van der Waals surface area contributed by atoms with Crippen molar-refractivity contribution in [3.8, 4) is 0 Å². The van der Waals surface area contributed by atoms with E-state index in [2.05, 4.69) is 4.74 Å². The first kappa shape index (κ1) is 16.2. The van der Waals surface area contributed by atoms with Crippen molar-refractivity contribution < 1.29 is 29.3 Å². The number of carboxylic acids is 1. The molecule has 2 N–H and O–H groups in total. The largest absolute Gasteiger partial charge is 0.480 e. The van der Waals surface area contributed by atoms with Gasteiger partial charge in [0.05, 0.1) is 13.2 Å². The van der Waals surface area contributed by atoms with Gasteiger partial charge in [-0.2, -0.15) is 0 Å². The quantitative estimate of drug-likeness (QED) is 0.661. The number of methoxy groups -OCH3 is 1. The Morgan fingerprint density at radius 2 is 2.05 bits per heavy atom. The summed E-state index contributed by atoms with van der Waals surface area (Å²) >= 11 is 0. The summed E-state index contributed by atoms with van der Waals surface area (Å²) in [7, 11) is 1.22. The molecule has 1 aliphatic heterocycles. The molecule has 0 aromatic carbocycles. The fourth-order valence-corrected chi connectivity index (χ4v) is 2.17. The molecule has 0 aliphatic carbocycles. The van der Waals surface area contributed by atoms with E-state index < -0.39 is 30.1 Å². The minimum atomic E-state index is -1.16. The van der Waals surface area contributed by atoms with E-state index in [4.69, 9.17) is 5.11 Å². The maximum atomic E-state index is 12.3. The summed E-state index contributed by atoms with van der Waals surface area (Å²) in [5.41, 5.74) is 0. The van der Waals surface area contributed by atoms with Crippen LogP contribution in [0.3, 0.4) is 0 Å². The van der Waals surface area contributed by atoms with Crippen LogP contribution < -0.4 is 0 Å². The standard InChI is InChI=1S/C12H20N2O6/c1-3-4-13(7-10(16)20-2)12(19)14-6-8(15)5-9(14)11(17)18/h8-9,15H,3-7H2,1-2H3,(H,17,18)/t8-,9-/m0/s1. The van der Waals surface area contributed by atoms with E-state index in [-0.39, 0.29) is 19.5 Å². The summed E-state index contributed by atoms with van der Waals surface area (Å²) in [6, 6.07) is -1.63. The lowest BCUT2D eigenvalue weighted by Gasteiger charge is -2.29. The number of carbonyl (C=O) groups is 3. The van der Waals surface area contributed by atoms with E-state index in [1.165, 1.54) is 12.0 Å². The molecule has 2 atom stereocenters. The van der Waals surface area contributed by atoms with E-state index in [1.807, 2.05) is 6.92 Å². The second-order valence-corrected chi connectivity index (χ2v) is 4.68. The molecular weight excluding hydrogens is 268 g/mol. The van der Waals surface area contributed by atoms with E-state index in [9.17, 15) is 19.5 Å². The minimum absolute atomic E-state index is 0.000732. The summed E-state index contributed by atoms with van der Waals surface area (Å²) in [5, 5.41) is 18.6. The number of nitrogens with zero attached hydrogens (tertiary/aromatic N) is 2. The Labute approximate surface area is 116 Å². The minimum Gasteiger partial charge on any atom is -0.480 e. The molecule has 8 nitrogen and oxygen atoms in total. The average Bonchev–Trinajstić information content (AvgIpc) is 2.79. The molecule has 0 aromatic heterocycles. The molecule has 1 heterocycles. The van der Waals surface area contributed by atoms with Crippen LogP contribution in [0.25, 0.3) is 0 Å². The Morgan fingerprint density at radius 3 is 2.55 bits per heavy atom. The lowest BCUT2D eigenvalue weighted by Crippen LogP contribution is -2.50. The molecule has 8 heteroatoms. The molecule has 114 valence electrons. The number of carbonyl (C=O) groups excluding carboxylic acids is 2. The molecule has 0 bridgehead atoms. The van der Waals surface area contributed by atoms with Gasteiger partial charge in [0.25, 0.3) is 0 Å². The molecular formula is C12H20N2O6. The number of hydrogen-bond donors (Lipinski definition) is 2. The number of aliphatic hydroxyl groups is 1. The number of ether oxygens (including phenoxy) is 1. The summed E-state index contributed by atoms with van der Waals surface area (Å²) in [4.78, 5) is 37.0. The van der Waals surface area contributed by atoms with Crippen LogP contribution in [-0.2, 0) is 14.3 Å². The molecule has 0 spiro atoms. The van der Waals surface area contributed by atoms with Crippen molar-refractivity contribution in [1.82, 2.24) is 9.80 Å². The Balaban J connectivity index is 2.82. The maximum Gasteiger partial charge on any atom is 0.326 e. The van der Waals surface area contributed by atoms with Gasteiger partial charge < -0.3 is 24.7 Å². The Hall–Kier alpha value is -1.83. The molecule has 1 saturated heterocycles. The first-order valence-electron chi connectivity index (χ1n) is 6.43. The predicted octanol–water partition coefficient (Wildman–Crippen LogP) is -0.489. The fourth-order valence-electron chi connectivity index (χ4n) is 2.17. The molecule has 20 heavy (non-hydrogen) atoms. The molecule has 2 amide bonds. The normalized spacial score (nSPS) is 21.6. The number of β-amino-alcohol motifs (C(OH)–C–C–N with tert-alkyl or cyclic N) is 1. The first-order valence-corrected chi connectivity index (χ1v) is 6.43. The van der Waals surface area contributed by atoms with Gasteiger partial charge in [-0.15, -0.1) is 0 Å². The molecule has 0 unspecified atom stereocenters. The number of aliphatic hydroxyl groups excluding tert-OH is 1. The van der Waals surface area contributed by atoms with Crippen molar-refractivity contribution in [2.45, 2.75) is 31.9 Å². The highest BCUT2D eigenvalue weighted by atomic mass is 16.5. The predicted molar refractivity (Wildman–Crippen MR) is 68.0 cm³/mol. The van der Waals surface area contributed by atoms with E-state index in [1.54, 1.807) is 0 Å². The van der Waals surface area contributed by atoms with Gasteiger partial charge in [-0.25, -0.2) is 9.59 Å². The number of esters is 1. The first-order chi connectivity index (χ1) is 9.40. The third-order valence-corrected chi connectivity index (χ3v) is 3.12. The van der Waals surface area contributed by atoms with E-state index >= 15 is 0 Å². The number of carboxylic acid groups (broad SMARTS) is 1. The lowest BCUT2D eigenvalue weighted by molar-refractivity contribution is -0.141. The van der Waals surface area contributed by atoms with Crippen LogP contribution in [0.2, 0.25) is 0 Å². The monoisotopic (exact) mass is 288 g/mol. The summed E-state index contributed by atoms with van der Waals surface area (Å²) in [6.07, 6.45) is -0.238. The van der Waals surface area contributed by atoms with Crippen LogP contribution in [-0.4, -0.2) is 76.9 Å². The van der Waals surface area contributed by atoms with Crippen LogP contribution in [0.4, 0.5) is 4.79 Å². The maximum absolute atomic E-state index is 12.3. The van der Waals surface area contributed by atoms with Crippen molar-refractivity contribution in [3.63, 3.8) is 0 Å². The van der Waals surface area contributed by atoms with Gasteiger partial charge in [0.2, 0.25) is 0 Å². The lowest BCUT2D eigenvalue weighted by atomic mass is 10.2. The molecule has 1 rings (SSSR count). The van der Waals surface area contributed by atoms with Gasteiger partial charge in [0.1, 0.15) is 12.6 Å². The summed E-state index contributed by atoms with van der Waals surface area (Å²) in [5.74, 6) is -1.73. The highest BCUT2D eigenvalue weighted by Crippen LogP contribution is 2.20. The molecule has 1 fully saturated rings. The zero-order chi connectivity index (χ0) is 15.3. The zero-order valence-electron chi connectivity index (χ0n) is 11.6. The number of urea groups is 1. The zero-order valence-corrected chi connectivity index (χ0v) is 11.6. The number of hydrogen-bond acceptors (Lipinski definition) is 5. The van der Waals surface area contributed by atoms with Gasteiger partial charge >= 0.3 is 18.0 Å². The third kappa shape index (κ3) is 3.83. The van der Waals surface area contributed by atoms with Crippen LogP contribution in [0, 0.1) is 0 Å². The topological polar surface area (TPSA) is 107 Å². The molecule has 0 aromatic rings. The van der Waals surface area contributed by atoms with Gasteiger partial charge in [-0.3, -0.25) is 4.79 Å². The van der Waals surface area contributed by atoms with E-state index in [0.29, 0.717) is 13.0 Å². The second-order valence-electron chi connectivity index (χ2n) is 4.68. The Kier molecular flexibility index (Phi) is 5.75. The van der Waals surface area contributed by atoms with Crippen molar-refractivity contribution in [3.05, 3.63) is 0 Å². The second kappa shape index (κ2) is 7.09. The fraction of sp³-hybridized carbons (Fsp3) is 0.750. The Morgan fingerprint density at radius 1 is 1.40 bits per heavy atom. The number of aliphatic carboxylic acids is 1. The Bertz CT molecular complexity index is 386. The average molecular weight is 288 g/mol. The number of amides is 2. The van der Waals surface area contributed by atoms with Crippen LogP contribution in [0.5, 0.6) is 0 Å². The van der Waals surface area contributed by atoms with Gasteiger partial charge in [-0.05, 0) is 6.42 Å². The van der Waals surface area contributed by atoms with Crippen molar-refractivity contribution in [2.75, 3.05) is 26.7 Å². The van der Waals surface area contributed by atoms with Crippen LogP contribution in [0.1, 0.15) is 19.8 Å². The van der Waals surface area contributed by atoms with Crippen molar-refractivity contribution in [2.24, 2.45) is 0 Å². The number of likely N-dealkylation sites (tertiary alicyclic amines) is 1. The van der Waals surface area contributed by atoms with Gasteiger partial charge in [-0.1, -0.05) is 6.92 Å². The van der Waals surface area contributed by atoms with Gasteiger partial charge in [0, 0.05) is 19.5 Å². The molecule has 0 radical (unpaired) electrons. The SMILES string of the molecule is CCCN(CC(=O)OC)C(=O)N1C[C@@H](O)C[C@H]1C(=O)O. The molecule has 1 aliphatic rings. The molecule has 0 saturated carbocycles. The van der Waals surface area contributed by atoms with Crippen LogP contribution in [0.15, 0.2) is 0 Å². The van der Waals surface area contributed by atoms with Crippen molar-refractivity contribution >= 4 is 18.0 Å². The smallest absolute Gasteiger partial charge is 0.326 e. The summed E-state index contributed by atoms with van der Waals surface area (Å²) < 4.78 is 4.52. The number of rotatable bonds is 5. The van der Waals surface area contributed by atoms with Crippen molar-refractivity contribution in [1.29, 1.82) is 0 Å².